The summed E-state index contributed by atoms with van der Waals surface area (Å²) in [7, 11) is 0. The number of rotatable bonds is 6. The maximum Gasteiger partial charge on any atom is 0.194 e. The van der Waals surface area contributed by atoms with E-state index >= 15 is 0 Å². The lowest BCUT2D eigenvalue weighted by Crippen LogP contribution is -2.46. The summed E-state index contributed by atoms with van der Waals surface area (Å²) in [5.41, 5.74) is 2.51. The van der Waals surface area contributed by atoms with E-state index in [9.17, 15) is 0 Å². The standard InChI is InChI=1S/C22H32N6O.HI/c1-2-24-22(28-8-6-21(17-28)27-10-12-29-13-11-27)25-15-19-4-3-5-20(14-19)16-26-9-7-23-18-26;/h3-5,7,9,14,18,21H,2,6,8,10-13,15-17H2,1H3,(H,24,25);1H. The van der Waals surface area contributed by atoms with Crippen molar-refractivity contribution in [3.05, 3.63) is 54.1 Å². The quantitative estimate of drug-likeness (QED) is 0.358. The van der Waals surface area contributed by atoms with E-state index < -0.39 is 0 Å². The zero-order valence-electron chi connectivity index (χ0n) is 17.7. The second-order valence-electron chi connectivity index (χ2n) is 7.76. The van der Waals surface area contributed by atoms with Crippen molar-refractivity contribution in [3.63, 3.8) is 0 Å². The van der Waals surface area contributed by atoms with Crippen molar-refractivity contribution in [2.75, 3.05) is 45.9 Å². The molecule has 164 valence electrons. The van der Waals surface area contributed by atoms with Crippen molar-refractivity contribution >= 4 is 29.9 Å². The predicted molar refractivity (Wildman–Crippen MR) is 130 cm³/mol. The van der Waals surface area contributed by atoms with Gasteiger partial charge in [0, 0.05) is 57.7 Å². The van der Waals surface area contributed by atoms with Crippen molar-refractivity contribution in [2.24, 2.45) is 4.99 Å². The smallest absolute Gasteiger partial charge is 0.194 e. The number of benzene rings is 1. The average Bonchev–Trinajstić information content (AvgIpc) is 3.44. The molecule has 2 aliphatic rings. The molecular formula is C22H33IN6O. The topological polar surface area (TPSA) is 57.9 Å². The second kappa shape index (κ2) is 11.7. The zero-order chi connectivity index (χ0) is 19.9. The molecule has 2 fully saturated rings. The number of aromatic nitrogens is 2. The minimum absolute atomic E-state index is 0. The lowest BCUT2D eigenvalue weighted by molar-refractivity contribution is 0.0195. The van der Waals surface area contributed by atoms with Crippen LogP contribution in [0.4, 0.5) is 0 Å². The highest BCUT2D eigenvalue weighted by Gasteiger charge is 2.30. The van der Waals surface area contributed by atoms with Gasteiger partial charge in [-0.2, -0.15) is 0 Å². The van der Waals surface area contributed by atoms with E-state index in [0.29, 0.717) is 12.6 Å². The molecular weight excluding hydrogens is 491 g/mol. The van der Waals surface area contributed by atoms with E-state index in [1.165, 1.54) is 17.5 Å². The number of halogens is 1. The normalized spacial score (nSPS) is 20.2. The van der Waals surface area contributed by atoms with Crippen LogP contribution >= 0.6 is 24.0 Å². The zero-order valence-corrected chi connectivity index (χ0v) is 20.1. The molecule has 3 heterocycles. The molecule has 4 rings (SSSR count). The molecule has 2 aromatic rings. The van der Waals surface area contributed by atoms with Crippen LogP contribution in [0.25, 0.3) is 0 Å². The molecule has 1 unspecified atom stereocenters. The van der Waals surface area contributed by atoms with E-state index in [-0.39, 0.29) is 24.0 Å². The molecule has 0 radical (unpaired) electrons. The van der Waals surface area contributed by atoms with Gasteiger partial charge in [0.25, 0.3) is 0 Å². The fourth-order valence-corrected chi connectivity index (χ4v) is 4.18. The van der Waals surface area contributed by atoms with Crippen LogP contribution in [0.15, 0.2) is 48.0 Å². The third kappa shape index (κ3) is 6.18. The van der Waals surface area contributed by atoms with Gasteiger partial charge in [0.15, 0.2) is 5.96 Å². The Morgan fingerprint density at radius 2 is 2.07 bits per heavy atom. The Bertz CT molecular complexity index is 791. The monoisotopic (exact) mass is 524 g/mol. The first-order valence-corrected chi connectivity index (χ1v) is 10.7. The molecule has 0 amide bonds. The van der Waals surface area contributed by atoms with Crippen LogP contribution in [-0.4, -0.2) is 77.3 Å². The first-order valence-electron chi connectivity index (χ1n) is 10.7. The fourth-order valence-electron chi connectivity index (χ4n) is 4.18. The lowest BCUT2D eigenvalue weighted by atomic mass is 10.1. The van der Waals surface area contributed by atoms with Crippen molar-refractivity contribution in [1.82, 2.24) is 24.7 Å². The Labute approximate surface area is 196 Å². The molecule has 0 bridgehead atoms. The summed E-state index contributed by atoms with van der Waals surface area (Å²) in [5, 5.41) is 3.49. The molecule has 0 spiro atoms. The summed E-state index contributed by atoms with van der Waals surface area (Å²) >= 11 is 0. The number of likely N-dealkylation sites (tertiary alicyclic amines) is 1. The second-order valence-corrected chi connectivity index (χ2v) is 7.76. The Morgan fingerprint density at radius 3 is 2.83 bits per heavy atom. The van der Waals surface area contributed by atoms with Gasteiger partial charge in [-0.1, -0.05) is 24.3 Å². The molecule has 1 aromatic heterocycles. The maximum absolute atomic E-state index is 5.51. The maximum atomic E-state index is 5.51. The molecule has 2 saturated heterocycles. The lowest BCUT2D eigenvalue weighted by Gasteiger charge is -2.32. The summed E-state index contributed by atoms with van der Waals surface area (Å²) in [6.45, 7) is 10.5. The van der Waals surface area contributed by atoms with Crippen LogP contribution in [0.3, 0.4) is 0 Å². The van der Waals surface area contributed by atoms with Gasteiger partial charge in [-0.05, 0) is 24.5 Å². The number of aliphatic imine (C=N–C) groups is 1. The third-order valence-electron chi connectivity index (χ3n) is 5.69. The van der Waals surface area contributed by atoms with Gasteiger partial charge < -0.3 is 19.5 Å². The molecule has 8 heteroatoms. The Balaban J connectivity index is 0.00000256. The van der Waals surface area contributed by atoms with Gasteiger partial charge in [-0.15, -0.1) is 24.0 Å². The van der Waals surface area contributed by atoms with E-state index in [2.05, 4.69) is 55.9 Å². The van der Waals surface area contributed by atoms with Crippen LogP contribution in [0, 0.1) is 0 Å². The van der Waals surface area contributed by atoms with Crippen molar-refractivity contribution in [1.29, 1.82) is 0 Å². The number of imidazole rings is 1. The van der Waals surface area contributed by atoms with Gasteiger partial charge in [0.2, 0.25) is 0 Å². The summed E-state index contributed by atoms with van der Waals surface area (Å²) < 4.78 is 7.59. The Morgan fingerprint density at radius 1 is 1.23 bits per heavy atom. The van der Waals surface area contributed by atoms with Gasteiger partial charge in [-0.3, -0.25) is 4.90 Å². The molecule has 0 saturated carbocycles. The minimum atomic E-state index is 0. The predicted octanol–water partition coefficient (Wildman–Crippen LogP) is 2.42. The van der Waals surface area contributed by atoms with Gasteiger partial charge >= 0.3 is 0 Å². The number of nitrogens with one attached hydrogen (secondary N) is 1. The average molecular weight is 524 g/mol. The number of hydrogen-bond donors (Lipinski definition) is 1. The largest absolute Gasteiger partial charge is 0.379 e. The van der Waals surface area contributed by atoms with E-state index in [4.69, 9.17) is 9.73 Å². The van der Waals surface area contributed by atoms with Crippen molar-refractivity contribution in [3.8, 4) is 0 Å². The van der Waals surface area contributed by atoms with Crippen LogP contribution in [0.2, 0.25) is 0 Å². The number of morpholine rings is 1. The number of hydrogen-bond acceptors (Lipinski definition) is 4. The van der Waals surface area contributed by atoms with Crippen LogP contribution < -0.4 is 5.32 Å². The van der Waals surface area contributed by atoms with Crippen molar-refractivity contribution < 1.29 is 4.74 Å². The highest BCUT2D eigenvalue weighted by molar-refractivity contribution is 14.0. The molecule has 0 aliphatic carbocycles. The fraction of sp³-hybridized carbons (Fsp3) is 0.545. The highest BCUT2D eigenvalue weighted by Crippen LogP contribution is 2.17. The van der Waals surface area contributed by atoms with E-state index in [1.54, 1.807) is 0 Å². The SMILES string of the molecule is CCNC(=NCc1cccc(Cn2ccnc2)c1)N1CCC(N2CCOCC2)C1.I. The third-order valence-corrected chi connectivity index (χ3v) is 5.69. The van der Waals surface area contributed by atoms with Crippen LogP contribution in [0.1, 0.15) is 24.5 Å². The summed E-state index contributed by atoms with van der Waals surface area (Å²) in [4.78, 5) is 14.1. The molecule has 7 nitrogen and oxygen atoms in total. The first kappa shape index (κ1) is 23.0. The van der Waals surface area contributed by atoms with Gasteiger partial charge in [0.1, 0.15) is 0 Å². The molecule has 30 heavy (non-hydrogen) atoms. The number of ether oxygens (including phenoxy) is 1. The number of guanidine groups is 1. The molecule has 1 atom stereocenters. The molecule has 1 N–H and O–H groups in total. The molecule has 1 aromatic carbocycles. The molecule has 2 aliphatic heterocycles. The summed E-state index contributed by atoms with van der Waals surface area (Å²) in [6.07, 6.45) is 6.86. The van der Waals surface area contributed by atoms with Gasteiger partial charge in [0.05, 0.1) is 26.1 Å². The van der Waals surface area contributed by atoms with Crippen LogP contribution in [-0.2, 0) is 17.8 Å². The van der Waals surface area contributed by atoms with Gasteiger partial charge in [-0.25, -0.2) is 9.98 Å². The minimum Gasteiger partial charge on any atom is -0.379 e. The summed E-state index contributed by atoms with van der Waals surface area (Å²) in [5.74, 6) is 1.03. The highest BCUT2D eigenvalue weighted by atomic mass is 127. The Kier molecular flexibility index (Phi) is 8.95. The number of nitrogens with zero attached hydrogens (tertiary/aromatic N) is 5. The van der Waals surface area contributed by atoms with E-state index in [0.717, 1.165) is 58.4 Å². The van der Waals surface area contributed by atoms with E-state index in [1.807, 2.05) is 18.7 Å². The first-order chi connectivity index (χ1) is 14.3. The van der Waals surface area contributed by atoms with Crippen molar-refractivity contribution in [2.45, 2.75) is 32.5 Å². The Hall–Kier alpha value is -1.65. The summed E-state index contributed by atoms with van der Waals surface area (Å²) in [6, 6.07) is 9.29. The van der Waals surface area contributed by atoms with Crippen LogP contribution in [0.5, 0.6) is 0 Å².